The van der Waals surface area contributed by atoms with Crippen LogP contribution in [-0.4, -0.2) is 24.1 Å². The van der Waals surface area contributed by atoms with Crippen LogP contribution in [0.25, 0.3) is 10.8 Å². The van der Waals surface area contributed by atoms with Gasteiger partial charge in [0.2, 0.25) is 0 Å². The second-order valence-electron chi connectivity index (χ2n) is 4.03. The SMILES string of the molecule is NC(CS)C(=O)Oc1ccc2ccccc2c1C=O. The number of hydrogen-bond acceptors (Lipinski definition) is 5. The first kappa shape index (κ1) is 13.6. The molecule has 0 fully saturated rings. The maximum absolute atomic E-state index is 11.6. The van der Waals surface area contributed by atoms with E-state index in [-0.39, 0.29) is 11.5 Å². The van der Waals surface area contributed by atoms with Gasteiger partial charge in [-0.15, -0.1) is 0 Å². The molecule has 0 bridgehead atoms. The van der Waals surface area contributed by atoms with E-state index in [0.717, 1.165) is 10.8 Å². The summed E-state index contributed by atoms with van der Waals surface area (Å²) in [6.45, 7) is 0. The third kappa shape index (κ3) is 2.77. The van der Waals surface area contributed by atoms with Gasteiger partial charge in [-0.25, -0.2) is 4.79 Å². The molecule has 0 aromatic heterocycles. The Hall–Kier alpha value is -1.85. The Labute approximate surface area is 116 Å². The fourth-order valence-electron chi connectivity index (χ4n) is 1.74. The average molecular weight is 275 g/mol. The third-order valence-corrected chi connectivity index (χ3v) is 3.15. The zero-order chi connectivity index (χ0) is 13.8. The molecule has 19 heavy (non-hydrogen) atoms. The van der Waals surface area contributed by atoms with E-state index in [4.69, 9.17) is 10.5 Å². The van der Waals surface area contributed by atoms with Crippen LogP contribution in [0.5, 0.6) is 5.75 Å². The highest BCUT2D eigenvalue weighted by Gasteiger charge is 2.17. The van der Waals surface area contributed by atoms with Crippen molar-refractivity contribution in [3.63, 3.8) is 0 Å². The van der Waals surface area contributed by atoms with Crippen molar-refractivity contribution in [1.82, 2.24) is 0 Å². The Morgan fingerprint density at radius 1 is 1.32 bits per heavy atom. The molecule has 0 saturated heterocycles. The van der Waals surface area contributed by atoms with E-state index in [2.05, 4.69) is 12.6 Å². The maximum Gasteiger partial charge on any atom is 0.329 e. The summed E-state index contributed by atoms with van der Waals surface area (Å²) in [5.41, 5.74) is 5.87. The van der Waals surface area contributed by atoms with E-state index in [1.54, 1.807) is 18.2 Å². The van der Waals surface area contributed by atoms with Crippen LogP contribution in [0.15, 0.2) is 36.4 Å². The highest BCUT2D eigenvalue weighted by atomic mass is 32.1. The molecule has 2 rings (SSSR count). The minimum absolute atomic E-state index is 0.183. The standard InChI is InChI=1S/C14H13NO3S/c15-12(8-19)14(17)18-13-6-5-9-3-1-2-4-10(9)11(13)7-16/h1-7,12,19H,8,15H2. The molecule has 0 spiro atoms. The summed E-state index contributed by atoms with van der Waals surface area (Å²) < 4.78 is 5.15. The van der Waals surface area contributed by atoms with Gasteiger partial charge in [-0.05, 0) is 16.8 Å². The number of carbonyl (C=O) groups is 2. The predicted octanol–water partition coefficient (Wildman–Crippen LogP) is 1.81. The number of carbonyl (C=O) groups excluding carboxylic acids is 2. The van der Waals surface area contributed by atoms with E-state index in [0.29, 0.717) is 11.8 Å². The monoisotopic (exact) mass is 275 g/mol. The molecule has 0 aliphatic heterocycles. The number of fused-ring (bicyclic) bond motifs is 1. The van der Waals surface area contributed by atoms with Crippen LogP contribution in [0.3, 0.4) is 0 Å². The van der Waals surface area contributed by atoms with Crippen molar-refractivity contribution >= 4 is 35.7 Å². The first-order chi connectivity index (χ1) is 9.17. The zero-order valence-corrected chi connectivity index (χ0v) is 11.0. The van der Waals surface area contributed by atoms with Crippen LogP contribution in [0.2, 0.25) is 0 Å². The smallest absolute Gasteiger partial charge is 0.329 e. The van der Waals surface area contributed by atoms with Gasteiger partial charge >= 0.3 is 5.97 Å². The van der Waals surface area contributed by atoms with Gasteiger partial charge in [0.15, 0.2) is 6.29 Å². The molecule has 0 saturated carbocycles. The normalized spacial score (nSPS) is 12.1. The van der Waals surface area contributed by atoms with Gasteiger partial charge in [0, 0.05) is 5.75 Å². The van der Waals surface area contributed by atoms with Gasteiger partial charge in [-0.1, -0.05) is 30.3 Å². The molecule has 98 valence electrons. The molecule has 1 unspecified atom stereocenters. The Bertz CT molecular complexity index is 627. The van der Waals surface area contributed by atoms with Crippen molar-refractivity contribution in [2.24, 2.45) is 5.73 Å². The molecular weight excluding hydrogens is 262 g/mol. The quantitative estimate of drug-likeness (QED) is 0.386. The molecular formula is C14H13NO3S. The lowest BCUT2D eigenvalue weighted by Crippen LogP contribution is -2.35. The second-order valence-corrected chi connectivity index (χ2v) is 4.39. The van der Waals surface area contributed by atoms with Crippen molar-refractivity contribution in [2.45, 2.75) is 6.04 Å². The molecule has 1 atom stereocenters. The van der Waals surface area contributed by atoms with Crippen molar-refractivity contribution < 1.29 is 14.3 Å². The lowest BCUT2D eigenvalue weighted by atomic mass is 10.0. The van der Waals surface area contributed by atoms with Crippen LogP contribution in [0, 0.1) is 0 Å². The summed E-state index contributed by atoms with van der Waals surface area (Å²) >= 11 is 3.93. The highest BCUT2D eigenvalue weighted by Crippen LogP contribution is 2.26. The number of ether oxygens (including phenoxy) is 1. The average Bonchev–Trinajstić information content (AvgIpc) is 2.46. The number of benzene rings is 2. The fourth-order valence-corrected chi connectivity index (χ4v) is 1.89. The Morgan fingerprint density at radius 3 is 2.74 bits per heavy atom. The van der Waals surface area contributed by atoms with E-state index in [1.165, 1.54) is 0 Å². The van der Waals surface area contributed by atoms with Crippen molar-refractivity contribution in [1.29, 1.82) is 0 Å². The van der Waals surface area contributed by atoms with Gasteiger partial charge < -0.3 is 10.5 Å². The first-order valence-electron chi connectivity index (χ1n) is 5.72. The molecule has 0 heterocycles. The molecule has 0 amide bonds. The summed E-state index contributed by atoms with van der Waals surface area (Å²) in [7, 11) is 0. The molecule has 2 aromatic carbocycles. The van der Waals surface area contributed by atoms with Gasteiger partial charge in [0.05, 0.1) is 5.56 Å². The molecule has 2 N–H and O–H groups in total. The molecule has 4 nitrogen and oxygen atoms in total. The summed E-state index contributed by atoms with van der Waals surface area (Å²) in [5.74, 6) is -0.202. The molecule has 0 aliphatic rings. The summed E-state index contributed by atoms with van der Waals surface area (Å²) in [5, 5.41) is 1.64. The fraction of sp³-hybridized carbons (Fsp3) is 0.143. The summed E-state index contributed by atoms with van der Waals surface area (Å²) in [4.78, 5) is 22.9. The zero-order valence-electron chi connectivity index (χ0n) is 10.1. The Morgan fingerprint density at radius 2 is 2.05 bits per heavy atom. The van der Waals surface area contributed by atoms with E-state index < -0.39 is 12.0 Å². The van der Waals surface area contributed by atoms with E-state index >= 15 is 0 Å². The minimum atomic E-state index is -0.811. The molecule has 0 aliphatic carbocycles. The molecule has 0 radical (unpaired) electrons. The van der Waals surface area contributed by atoms with Crippen molar-refractivity contribution in [3.8, 4) is 5.75 Å². The maximum atomic E-state index is 11.6. The summed E-state index contributed by atoms with van der Waals surface area (Å²) in [6, 6.07) is 9.95. The highest BCUT2D eigenvalue weighted by molar-refractivity contribution is 7.80. The number of thiol groups is 1. The van der Waals surface area contributed by atoms with Crippen LogP contribution >= 0.6 is 12.6 Å². The van der Waals surface area contributed by atoms with Gasteiger partial charge in [-0.2, -0.15) is 12.6 Å². The van der Waals surface area contributed by atoms with E-state index in [9.17, 15) is 9.59 Å². The van der Waals surface area contributed by atoms with Crippen LogP contribution in [-0.2, 0) is 4.79 Å². The topological polar surface area (TPSA) is 69.4 Å². The van der Waals surface area contributed by atoms with E-state index in [1.807, 2.05) is 18.2 Å². The molecule has 2 aromatic rings. The number of nitrogens with two attached hydrogens (primary N) is 1. The van der Waals surface area contributed by atoms with Crippen molar-refractivity contribution in [2.75, 3.05) is 5.75 Å². The number of esters is 1. The number of hydrogen-bond donors (Lipinski definition) is 2. The van der Waals surface area contributed by atoms with Crippen molar-refractivity contribution in [3.05, 3.63) is 42.0 Å². The number of aldehydes is 1. The number of rotatable bonds is 4. The van der Waals surface area contributed by atoms with Gasteiger partial charge in [-0.3, -0.25) is 4.79 Å². The lowest BCUT2D eigenvalue weighted by molar-refractivity contribution is -0.135. The van der Waals surface area contributed by atoms with Crippen LogP contribution in [0.1, 0.15) is 10.4 Å². The molecule has 5 heteroatoms. The van der Waals surface area contributed by atoms with Crippen LogP contribution < -0.4 is 10.5 Å². The first-order valence-corrected chi connectivity index (χ1v) is 6.35. The Balaban J connectivity index is 2.44. The second kappa shape index (κ2) is 5.86. The van der Waals surface area contributed by atoms with Gasteiger partial charge in [0.25, 0.3) is 0 Å². The summed E-state index contributed by atoms with van der Waals surface area (Å²) in [6.07, 6.45) is 0.678. The third-order valence-electron chi connectivity index (χ3n) is 2.76. The predicted molar refractivity (Wildman–Crippen MR) is 76.8 cm³/mol. The Kier molecular flexibility index (Phi) is 4.19. The lowest BCUT2D eigenvalue weighted by Gasteiger charge is -2.11. The minimum Gasteiger partial charge on any atom is -0.425 e. The largest absolute Gasteiger partial charge is 0.425 e. The van der Waals surface area contributed by atoms with Crippen LogP contribution in [0.4, 0.5) is 0 Å². The van der Waals surface area contributed by atoms with Gasteiger partial charge in [0.1, 0.15) is 11.8 Å².